The Bertz CT molecular complexity index is 36.7. The van der Waals surface area contributed by atoms with E-state index in [9.17, 15) is 0 Å². The summed E-state index contributed by atoms with van der Waals surface area (Å²) >= 11 is 0. The predicted octanol–water partition coefficient (Wildman–Crippen LogP) is -5.00. The fourth-order valence-corrected chi connectivity index (χ4v) is 0. The Labute approximate surface area is 108 Å². The first kappa shape index (κ1) is 22.8. The average Bonchev–Trinajstić information content (AvgIpc) is 0.811. The standard InChI is InChI=1S/C2H4O2.2Ca.ClH/c1-2(3)4;;;/h1H3,(H,3,4);;;1H/q;2*+2;/p-2. The van der Waals surface area contributed by atoms with Gasteiger partial charge in [-0.3, -0.25) is 0 Å². The van der Waals surface area contributed by atoms with Crippen molar-refractivity contribution in [2.45, 2.75) is 6.92 Å². The zero-order valence-corrected chi connectivity index (χ0v) is 9.28. The molecule has 32 valence electrons. The minimum atomic E-state index is -1.08. The molecule has 0 aromatic heterocycles. The SMILES string of the molecule is CC(=O)[O-].[Ca+2].[Ca+2].[Cl-]. The fraction of sp³-hybridized carbons (Fsp3) is 0.500. The molecule has 0 bridgehead atoms. The van der Waals surface area contributed by atoms with E-state index in [1.165, 1.54) is 0 Å². The third-order valence-electron chi connectivity index (χ3n) is 0. The first-order valence-corrected chi connectivity index (χ1v) is 0.908. The van der Waals surface area contributed by atoms with E-state index in [4.69, 9.17) is 9.90 Å². The Morgan fingerprint density at radius 1 is 1.43 bits per heavy atom. The summed E-state index contributed by atoms with van der Waals surface area (Å²) in [5.74, 6) is -1.08. The number of carboxylic acid groups (broad SMARTS) is 1. The molecule has 0 spiro atoms. The van der Waals surface area contributed by atoms with Gasteiger partial charge >= 0.3 is 75.5 Å². The molecule has 0 aliphatic heterocycles. The zero-order chi connectivity index (χ0) is 3.58. The molecule has 0 atom stereocenters. The maximum Gasteiger partial charge on any atom is 2.00 e. The third kappa shape index (κ3) is 62.8. The van der Waals surface area contributed by atoms with Crippen LogP contribution in [0.2, 0.25) is 0 Å². The van der Waals surface area contributed by atoms with Gasteiger partial charge in [-0.1, -0.05) is 0 Å². The smallest absolute Gasteiger partial charge is 1.00 e. The molecule has 0 aliphatic carbocycles. The second-order valence-corrected chi connectivity index (χ2v) is 0.492. The summed E-state index contributed by atoms with van der Waals surface area (Å²) in [5, 5.41) is 8.89. The normalized spacial score (nSPS) is 3.57. The quantitative estimate of drug-likeness (QED) is 0.345. The molecular weight excluding hydrogens is 172 g/mol. The molecule has 0 N–H and O–H groups in total. The molecule has 0 saturated carbocycles. The molecule has 0 saturated heterocycles. The number of hydrogen-bond donors (Lipinski definition) is 0. The molecule has 0 unspecified atom stereocenters. The molecular formula is C2H3Ca2ClO2+2. The number of aliphatic carboxylic acids is 1. The van der Waals surface area contributed by atoms with Crippen molar-refractivity contribution >= 4 is 81.4 Å². The van der Waals surface area contributed by atoms with E-state index in [0.29, 0.717) is 0 Å². The predicted molar refractivity (Wildman–Crippen MR) is 22.2 cm³/mol. The number of rotatable bonds is 0. The maximum atomic E-state index is 8.89. The van der Waals surface area contributed by atoms with Crippen LogP contribution in [0.1, 0.15) is 6.92 Å². The van der Waals surface area contributed by atoms with Crippen LogP contribution < -0.4 is 17.5 Å². The molecule has 7 heavy (non-hydrogen) atoms. The van der Waals surface area contributed by atoms with Gasteiger partial charge in [0.25, 0.3) is 0 Å². The zero-order valence-electron chi connectivity index (χ0n) is 4.11. The van der Waals surface area contributed by atoms with Crippen molar-refractivity contribution in [2.75, 3.05) is 0 Å². The number of carboxylic acids is 1. The van der Waals surface area contributed by atoms with E-state index in [2.05, 4.69) is 0 Å². The minimum Gasteiger partial charge on any atom is -1.00 e. The second kappa shape index (κ2) is 15.7. The van der Waals surface area contributed by atoms with E-state index in [1.807, 2.05) is 0 Å². The summed E-state index contributed by atoms with van der Waals surface area (Å²) in [6.45, 7) is 0.972. The van der Waals surface area contributed by atoms with Crippen molar-refractivity contribution in [3.05, 3.63) is 0 Å². The largest absolute Gasteiger partial charge is 2.00 e. The van der Waals surface area contributed by atoms with Gasteiger partial charge in [0, 0.05) is 5.97 Å². The van der Waals surface area contributed by atoms with Crippen molar-refractivity contribution < 1.29 is 22.3 Å². The first-order valence-electron chi connectivity index (χ1n) is 0.908. The van der Waals surface area contributed by atoms with Crippen molar-refractivity contribution in [2.24, 2.45) is 0 Å². The van der Waals surface area contributed by atoms with Crippen molar-refractivity contribution in [3.63, 3.8) is 0 Å². The van der Waals surface area contributed by atoms with Crippen molar-refractivity contribution in [1.29, 1.82) is 0 Å². The Morgan fingerprint density at radius 2 is 1.43 bits per heavy atom. The van der Waals surface area contributed by atoms with Gasteiger partial charge in [0.05, 0.1) is 0 Å². The van der Waals surface area contributed by atoms with Gasteiger partial charge in [0.15, 0.2) is 0 Å². The first-order chi connectivity index (χ1) is 1.73. The van der Waals surface area contributed by atoms with Crippen LogP contribution in [0.4, 0.5) is 0 Å². The van der Waals surface area contributed by atoms with Gasteiger partial charge in [-0.25, -0.2) is 0 Å². The molecule has 0 rings (SSSR count). The Balaban J connectivity index is -0.0000000150. The Morgan fingerprint density at radius 3 is 1.43 bits per heavy atom. The van der Waals surface area contributed by atoms with Gasteiger partial charge in [0.2, 0.25) is 0 Å². The summed E-state index contributed by atoms with van der Waals surface area (Å²) < 4.78 is 0. The van der Waals surface area contributed by atoms with Crippen LogP contribution in [-0.2, 0) is 4.79 Å². The minimum absolute atomic E-state index is 0. The molecule has 0 fully saturated rings. The van der Waals surface area contributed by atoms with Gasteiger partial charge in [-0.2, -0.15) is 0 Å². The topological polar surface area (TPSA) is 40.1 Å². The molecule has 2 nitrogen and oxygen atoms in total. The summed E-state index contributed by atoms with van der Waals surface area (Å²) in [7, 11) is 0. The van der Waals surface area contributed by atoms with Crippen LogP contribution in [0.25, 0.3) is 0 Å². The second-order valence-electron chi connectivity index (χ2n) is 0.492. The van der Waals surface area contributed by atoms with Crippen LogP contribution in [0.3, 0.4) is 0 Å². The van der Waals surface area contributed by atoms with Gasteiger partial charge in [0.1, 0.15) is 0 Å². The molecule has 0 heterocycles. The third-order valence-corrected chi connectivity index (χ3v) is 0. The van der Waals surface area contributed by atoms with Crippen LogP contribution in [0, 0.1) is 0 Å². The van der Waals surface area contributed by atoms with Crippen molar-refractivity contribution in [1.82, 2.24) is 0 Å². The van der Waals surface area contributed by atoms with E-state index in [-0.39, 0.29) is 87.9 Å². The molecule has 0 radical (unpaired) electrons. The van der Waals surface area contributed by atoms with E-state index >= 15 is 0 Å². The summed E-state index contributed by atoms with van der Waals surface area (Å²) in [6, 6.07) is 0. The number of carbonyl (C=O) groups is 1. The number of halogens is 1. The van der Waals surface area contributed by atoms with Crippen LogP contribution in [-0.4, -0.2) is 81.4 Å². The Hall–Kier alpha value is 2.28. The van der Waals surface area contributed by atoms with Gasteiger partial charge < -0.3 is 22.3 Å². The molecule has 0 aliphatic rings. The van der Waals surface area contributed by atoms with E-state index in [0.717, 1.165) is 6.92 Å². The number of hydrogen-bond acceptors (Lipinski definition) is 2. The summed E-state index contributed by atoms with van der Waals surface area (Å²) in [5.41, 5.74) is 0. The van der Waals surface area contributed by atoms with Gasteiger partial charge in [-0.15, -0.1) is 0 Å². The fourth-order valence-electron chi connectivity index (χ4n) is 0. The van der Waals surface area contributed by atoms with Crippen LogP contribution >= 0.6 is 0 Å². The molecule has 0 aromatic carbocycles. The number of carbonyl (C=O) groups excluding carboxylic acids is 1. The molecule has 0 amide bonds. The molecule has 0 aromatic rings. The van der Waals surface area contributed by atoms with Crippen LogP contribution in [0.5, 0.6) is 0 Å². The van der Waals surface area contributed by atoms with Gasteiger partial charge in [-0.05, 0) is 6.92 Å². The van der Waals surface area contributed by atoms with Crippen molar-refractivity contribution in [3.8, 4) is 0 Å². The van der Waals surface area contributed by atoms with E-state index < -0.39 is 5.97 Å². The Kier molecular flexibility index (Phi) is 51.3. The summed E-state index contributed by atoms with van der Waals surface area (Å²) in [4.78, 5) is 8.89. The van der Waals surface area contributed by atoms with Crippen LogP contribution in [0.15, 0.2) is 0 Å². The monoisotopic (exact) mass is 174 g/mol. The molecule has 5 heteroatoms. The van der Waals surface area contributed by atoms with E-state index in [1.54, 1.807) is 0 Å². The maximum absolute atomic E-state index is 8.89. The summed E-state index contributed by atoms with van der Waals surface area (Å²) in [6.07, 6.45) is 0. The average molecular weight is 175 g/mol.